The molecule has 4 aromatic heterocycles. The molecule has 108 valence electrons. The predicted octanol–water partition coefficient (Wildman–Crippen LogP) is 1.96. The molecule has 4 bridgehead atoms. The summed E-state index contributed by atoms with van der Waals surface area (Å²) in [5, 5.41) is -0.677. The van der Waals surface area contributed by atoms with Crippen molar-refractivity contribution in [2.45, 2.75) is 0 Å². The molecule has 4 heterocycles. The maximum absolute atomic E-state index is 12.1. The lowest BCUT2D eigenvalue weighted by molar-refractivity contribution is 0.491. The summed E-state index contributed by atoms with van der Waals surface area (Å²) in [4.78, 5) is 48.1. The maximum Gasteiger partial charge on any atom is 0.348 e. The highest BCUT2D eigenvalue weighted by Crippen LogP contribution is 2.36. The lowest BCUT2D eigenvalue weighted by Crippen LogP contribution is -2.04. The van der Waals surface area contributed by atoms with Crippen molar-refractivity contribution in [2.24, 2.45) is 0 Å². The molecule has 0 radical (unpaired) electrons. The van der Waals surface area contributed by atoms with Crippen LogP contribution in [-0.4, -0.2) is 0 Å². The molecule has 0 atom stereocenters. The Morgan fingerprint density at radius 2 is 1.00 bits per heavy atom. The van der Waals surface area contributed by atoms with Crippen LogP contribution in [0.2, 0.25) is 10.0 Å². The molecule has 0 aliphatic heterocycles. The molecule has 0 N–H and O–H groups in total. The topological polar surface area (TPSA) is 94.6 Å². The van der Waals surface area contributed by atoms with Gasteiger partial charge >= 0.3 is 22.5 Å². The molecule has 0 amide bonds. The molecule has 0 saturated heterocycles. The Balaban J connectivity index is 2.76. The first-order chi connectivity index (χ1) is 10.4. The Morgan fingerprint density at radius 3 is 1.41 bits per heavy atom. The first-order valence-corrected chi connectivity index (χ1v) is 6.67. The molecule has 6 nitrogen and oxygen atoms in total. The normalized spacial score (nSPS) is 11.9. The van der Waals surface area contributed by atoms with Gasteiger partial charge in [0.15, 0.2) is 0 Å². The van der Waals surface area contributed by atoms with Gasteiger partial charge in [0.1, 0.15) is 0 Å². The average molecular weight is 337 g/mol. The standard InChI is InChI=1S/C14H2Cl2O6/c15-5-1-3-7-4-2-6(16)9(14(20)22-12(4)18)10(7)8(5)13(19)21-11(3)17/h1-2H. The SMILES string of the molecule is O=c1oc(=O)c2c(Cl)cc1c1c3cc(Cl)c(c(=O)oc3=O)c21. The van der Waals surface area contributed by atoms with Gasteiger partial charge in [-0.25, -0.2) is 19.2 Å². The molecule has 0 aliphatic carbocycles. The summed E-state index contributed by atoms with van der Waals surface area (Å²) in [6, 6.07) is 2.44. The smallest absolute Gasteiger partial charge is 0.348 e. The molecule has 22 heavy (non-hydrogen) atoms. The number of rotatable bonds is 0. The van der Waals surface area contributed by atoms with E-state index in [4.69, 9.17) is 23.2 Å². The van der Waals surface area contributed by atoms with Gasteiger partial charge in [0.25, 0.3) is 0 Å². The van der Waals surface area contributed by atoms with E-state index in [0.717, 1.165) is 0 Å². The molecule has 0 fully saturated rings. The van der Waals surface area contributed by atoms with Crippen molar-refractivity contribution in [3.8, 4) is 0 Å². The van der Waals surface area contributed by atoms with E-state index in [1.54, 1.807) is 0 Å². The summed E-state index contributed by atoms with van der Waals surface area (Å²) in [5.74, 6) is 0. The summed E-state index contributed by atoms with van der Waals surface area (Å²) in [7, 11) is 0. The number of hydrogen-bond acceptors (Lipinski definition) is 6. The van der Waals surface area contributed by atoms with E-state index in [9.17, 15) is 19.2 Å². The van der Waals surface area contributed by atoms with Gasteiger partial charge < -0.3 is 8.83 Å². The van der Waals surface area contributed by atoms with Crippen LogP contribution in [0, 0.1) is 0 Å². The fourth-order valence-electron chi connectivity index (χ4n) is 2.67. The molecule has 0 saturated carbocycles. The molecule has 2 aromatic carbocycles. The van der Waals surface area contributed by atoms with Gasteiger partial charge in [-0.05, 0) is 12.1 Å². The Hall–Kier alpha value is -2.44. The van der Waals surface area contributed by atoms with Crippen LogP contribution in [0.15, 0.2) is 40.1 Å². The largest absolute Gasteiger partial charge is 0.386 e. The highest BCUT2D eigenvalue weighted by atomic mass is 35.5. The molecule has 8 heteroatoms. The van der Waals surface area contributed by atoms with E-state index in [0.29, 0.717) is 0 Å². The van der Waals surface area contributed by atoms with Gasteiger partial charge in [-0.15, -0.1) is 0 Å². The van der Waals surface area contributed by atoms with E-state index < -0.39 is 22.5 Å². The van der Waals surface area contributed by atoms with Crippen molar-refractivity contribution in [2.75, 3.05) is 0 Å². The summed E-state index contributed by atoms with van der Waals surface area (Å²) >= 11 is 12.0. The van der Waals surface area contributed by atoms with E-state index >= 15 is 0 Å². The first kappa shape index (κ1) is 13.2. The van der Waals surface area contributed by atoms with Crippen molar-refractivity contribution in [1.29, 1.82) is 0 Å². The Morgan fingerprint density at radius 1 is 0.591 bits per heavy atom. The van der Waals surface area contributed by atoms with E-state index in [2.05, 4.69) is 8.83 Å². The lowest BCUT2D eigenvalue weighted by atomic mass is 9.99. The van der Waals surface area contributed by atoms with Gasteiger partial charge in [-0.1, -0.05) is 23.2 Å². The Kier molecular flexibility index (Phi) is 2.44. The fourth-order valence-corrected chi connectivity index (χ4v) is 3.23. The second-order valence-electron chi connectivity index (χ2n) is 4.67. The molecular weight excluding hydrogens is 335 g/mol. The summed E-state index contributed by atoms with van der Waals surface area (Å²) in [6.07, 6.45) is 0. The highest BCUT2D eigenvalue weighted by Gasteiger charge is 2.23. The van der Waals surface area contributed by atoms with Crippen molar-refractivity contribution in [1.82, 2.24) is 0 Å². The van der Waals surface area contributed by atoms with E-state index in [1.165, 1.54) is 12.1 Å². The fraction of sp³-hybridized carbons (Fsp3) is 0. The van der Waals surface area contributed by atoms with Crippen LogP contribution >= 0.6 is 23.2 Å². The summed E-state index contributed by atoms with van der Waals surface area (Å²) < 4.78 is 9.29. The van der Waals surface area contributed by atoms with Crippen molar-refractivity contribution >= 4 is 55.5 Å². The van der Waals surface area contributed by atoms with E-state index in [-0.39, 0.29) is 42.4 Å². The minimum Gasteiger partial charge on any atom is -0.386 e. The van der Waals surface area contributed by atoms with Gasteiger partial charge in [-0.3, -0.25) is 0 Å². The summed E-state index contributed by atoms with van der Waals surface area (Å²) in [5.41, 5.74) is -3.96. The zero-order valence-electron chi connectivity index (χ0n) is 10.4. The Bertz CT molecular complexity index is 1220. The third-order valence-electron chi connectivity index (χ3n) is 3.53. The second kappa shape index (κ2) is 4.06. The Labute approximate surface area is 128 Å². The molecule has 6 rings (SSSR count). The molecule has 0 spiro atoms. The van der Waals surface area contributed by atoms with E-state index in [1.807, 2.05) is 0 Å². The van der Waals surface area contributed by atoms with Crippen molar-refractivity contribution in [3.63, 3.8) is 0 Å². The van der Waals surface area contributed by atoms with Crippen LogP contribution in [0.4, 0.5) is 0 Å². The van der Waals surface area contributed by atoms with Gasteiger partial charge in [0.05, 0.1) is 31.6 Å². The monoisotopic (exact) mass is 336 g/mol. The van der Waals surface area contributed by atoms with Crippen molar-refractivity contribution < 1.29 is 8.83 Å². The van der Waals surface area contributed by atoms with Gasteiger partial charge in [-0.2, -0.15) is 0 Å². The number of fused-ring (bicyclic) bond motifs is 6. The number of hydrogen-bond donors (Lipinski definition) is 0. The summed E-state index contributed by atoms with van der Waals surface area (Å²) in [6.45, 7) is 0. The maximum atomic E-state index is 12.1. The molecule has 6 aromatic rings. The third-order valence-corrected chi connectivity index (χ3v) is 4.12. The number of benzene rings is 2. The predicted molar refractivity (Wildman–Crippen MR) is 81.0 cm³/mol. The minimum atomic E-state index is -1.02. The highest BCUT2D eigenvalue weighted by molar-refractivity contribution is 6.43. The van der Waals surface area contributed by atoms with Gasteiger partial charge in [0.2, 0.25) is 0 Å². The van der Waals surface area contributed by atoms with Crippen LogP contribution in [0.5, 0.6) is 0 Å². The third kappa shape index (κ3) is 1.45. The molecular formula is C14H2Cl2O6. The van der Waals surface area contributed by atoms with Crippen LogP contribution in [0.3, 0.4) is 0 Å². The molecule has 0 unspecified atom stereocenters. The quantitative estimate of drug-likeness (QED) is 0.487. The van der Waals surface area contributed by atoms with Crippen LogP contribution in [0.25, 0.3) is 32.3 Å². The van der Waals surface area contributed by atoms with Crippen molar-refractivity contribution in [3.05, 3.63) is 63.9 Å². The second-order valence-corrected chi connectivity index (χ2v) is 5.48. The number of halogens is 2. The van der Waals surface area contributed by atoms with Gasteiger partial charge in [0, 0.05) is 10.8 Å². The van der Waals surface area contributed by atoms with Crippen LogP contribution in [0.1, 0.15) is 0 Å². The van der Waals surface area contributed by atoms with Crippen LogP contribution < -0.4 is 22.5 Å². The lowest BCUT2D eigenvalue weighted by Gasteiger charge is -2.03. The first-order valence-electron chi connectivity index (χ1n) is 5.92. The molecule has 0 aliphatic rings. The zero-order chi connectivity index (χ0) is 15.8. The van der Waals surface area contributed by atoms with Crippen LogP contribution in [-0.2, 0) is 0 Å². The zero-order valence-corrected chi connectivity index (χ0v) is 11.9. The minimum absolute atomic E-state index is 0.00306. The average Bonchev–Trinajstić information content (AvgIpc) is 2.70.